The second-order valence-electron chi connectivity index (χ2n) is 2.79. The van der Waals surface area contributed by atoms with Crippen molar-refractivity contribution in [1.82, 2.24) is 0 Å². The number of hydrogen-bond donors (Lipinski definition) is 3. The number of anilines is 1. The van der Waals surface area contributed by atoms with E-state index in [9.17, 15) is 4.79 Å². The number of thiophene rings is 1. The van der Waals surface area contributed by atoms with Crippen molar-refractivity contribution < 1.29 is 9.90 Å². The Kier molecular flexibility index (Phi) is 4.37. The maximum atomic E-state index is 10.4. The fraction of sp³-hybridized carbons (Fsp3) is 0.375. The van der Waals surface area contributed by atoms with Gasteiger partial charge in [0.05, 0.1) is 5.00 Å². The molecule has 1 rings (SSSR count). The van der Waals surface area contributed by atoms with Gasteiger partial charge >= 0.3 is 5.97 Å². The normalized spacial score (nSPS) is 12.4. The van der Waals surface area contributed by atoms with Crippen LogP contribution in [0.5, 0.6) is 0 Å². The first-order valence-electron chi connectivity index (χ1n) is 4.06. The van der Waals surface area contributed by atoms with Gasteiger partial charge in [0.2, 0.25) is 0 Å². The predicted octanol–water partition coefficient (Wildman–Crippen LogP) is 1.72. The molecule has 0 aromatic carbocycles. The molecule has 0 saturated carbocycles. The topological polar surface area (TPSA) is 75.3 Å². The Morgan fingerprint density at radius 2 is 2.50 bits per heavy atom. The monoisotopic (exact) mass is 278 g/mol. The molecule has 0 spiro atoms. The number of carboxylic acid groups (broad SMARTS) is 1. The van der Waals surface area contributed by atoms with E-state index in [2.05, 4.69) is 21.2 Å². The first kappa shape index (κ1) is 11.5. The molecule has 0 saturated heterocycles. The Labute approximate surface area is 94.2 Å². The highest BCUT2D eigenvalue weighted by atomic mass is 79.9. The highest BCUT2D eigenvalue weighted by Gasteiger charge is 2.10. The Bertz CT molecular complexity index is 316. The Morgan fingerprint density at radius 3 is 3.00 bits per heavy atom. The summed E-state index contributed by atoms with van der Waals surface area (Å²) in [5.41, 5.74) is 5.34. The zero-order chi connectivity index (χ0) is 10.6. The van der Waals surface area contributed by atoms with Gasteiger partial charge in [0.15, 0.2) is 0 Å². The zero-order valence-electron chi connectivity index (χ0n) is 7.37. The molecule has 1 atom stereocenters. The summed E-state index contributed by atoms with van der Waals surface area (Å²) in [5.74, 6) is -0.959. The maximum absolute atomic E-state index is 10.4. The number of hydrogen-bond acceptors (Lipinski definition) is 4. The SMILES string of the molecule is NC(CCNc1cc(Br)cs1)C(=O)O. The number of halogens is 1. The first-order valence-corrected chi connectivity index (χ1v) is 5.73. The number of carbonyl (C=O) groups is 1. The maximum Gasteiger partial charge on any atom is 0.320 e. The minimum atomic E-state index is -0.959. The minimum Gasteiger partial charge on any atom is -0.480 e. The zero-order valence-corrected chi connectivity index (χ0v) is 9.77. The van der Waals surface area contributed by atoms with Crippen LogP contribution in [0.2, 0.25) is 0 Å². The van der Waals surface area contributed by atoms with Crippen molar-refractivity contribution in [2.24, 2.45) is 5.73 Å². The molecule has 0 amide bonds. The number of aliphatic carboxylic acids is 1. The molecule has 4 nitrogen and oxygen atoms in total. The summed E-state index contributed by atoms with van der Waals surface area (Å²) in [7, 11) is 0. The molecule has 0 fully saturated rings. The van der Waals surface area contributed by atoms with Crippen LogP contribution in [0.3, 0.4) is 0 Å². The van der Waals surface area contributed by atoms with Gasteiger partial charge in [0.1, 0.15) is 6.04 Å². The number of rotatable bonds is 5. The van der Waals surface area contributed by atoms with Crippen molar-refractivity contribution in [3.8, 4) is 0 Å². The van der Waals surface area contributed by atoms with E-state index in [1.54, 1.807) is 11.3 Å². The molecule has 78 valence electrons. The molecular weight excluding hydrogens is 268 g/mol. The molecular formula is C8H11BrN2O2S. The third-order valence-corrected chi connectivity index (χ3v) is 3.29. The van der Waals surface area contributed by atoms with Gasteiger partial charge in [-0.3, -0.25) is 4.79 Å². The Hall–Kier alpha value is -0.590. The highest BCUT2D eigenvalue weighted by Crippen LogP contribution is 2.24. The van der Waals surface area contributed by atoms with Crippen LogP contribution in [0.15, 0.2) is 15.9 Å². The van der Waals surface area contributed by atoms with Crippen molar-refractivity contribution in [3.05, 3.63) is 15.9 Å². The van der Waals surface area contributed by atoms with Crippen molar-refractivity contribution in [1.29, 1.82) is 0 Å². The third kappa shape index (κ3) is 3.65. The van der Waals surface area contributed by atoms with E-state index in [0.29, 0.717) is 13.0 Å². The van der Waals surface area contributed by atoms with E-state index >= 15 is 0 Å². The van der Waals surface area contributed by atoms with Gasteiger partial charge in [-0.15, -0.1) is 11.3 Å². The van der Waals surface area contributed by atoms with Gasteiger partial charge in [0.25, 0.3) is 0 Å². The quantitative estimate of drug-likeness (QED) is 0.767. The smallest absolute Gasteiger partial charge is 0.320 e. The van der Waals surface area contributed by atoms with Crippen LogP contribution < -0.4 is 11.1 Å². The Morgan fingerprint density at radius 1 is 1.79 bits per heavy atom. The van der Waals surface area contributed by atoms with Gasteiger partial charge < -0.3 is 16.2 Å². The van der Waals surface area contributed by atoms with Gasteiger partial charge in [0, 0.05) is 16.4 Å². The van der Waals surface area contributed by atoms with Crippen molar-refractivity contribution in [2.75, 3.05) is 11.9 Å². The highest BCUT2D eigenvalue weighted by molar-refractivity contribution is 9.10. The van der Waals surface area contributed by atoms with Crippen LogP contribution in [-0.4, -0.2) is 23.7 Å². The predicted molar refractivity (Wildman–Crippen MR) is 60.7 cm³/mol. The summed E-state index contributed by atoms with van der Waals surface area (Å²) >= 11 is 4.89. The molecule has 0 aliphatic carbocycles. The largest absolute Gasteiger partial charge is 0.480 e. The number of carboxylic acids is 1. The number of nitrogens with two attached hydrogens (primary N) is 1. The summed E-state index contributed by atoms with van der Waals surface area (Å²) in [6.45, 7) is 0.570. The lowest BCUT2D eigenvalue weighted by Gasteiger charge is -2.06. The second kappa shape index (κ2) is 5.33. The average Bonchev–Trinajstić information content (AvgIpc) is 2.51. The molecule has 6 heteroatoms. The lowest BCUT2D eigenvalue weighted by Crippen LogP contribution is -2.31. The third-order valence-electron chi connectivity index (χ3n) is 1.64. The van der Waals surface area contributed by atoms with Crippen LogP contribution in [0.4, 0.5) is 5.00 Å². The molecule has 1 aromatic heterocycles. The Balaban J connectivity index is 2.25. The molecule has 1 heterocycles. The lowest BCUT2D eigenvalue weighted by atomic mass is 10.2. The van der Waals surface area contributed by atoms with Crippen molar-refractivity contribution >= 4 is 38.2 Å². The standard InChI is InChI=1S/C8H11BrN2O2S/c9-5-3-7(14-4-5)11-2-1-6(10)8(12)13/h3-4,6,11H,1-2,10H2,(H,12,13). The fourth-order valence-electron chi connectivity index (χ4n) is 0.880. The molecule has 0 bridgehead atoms. The van der Waals surface area contributed by atoms with Gasteiger partial charge in [-0.25, -0.2) is 0 Å². The summed E-state index contributed by atoms with van der Waals surface area (Å²) in [5, 5.41) is 14.6. The second-order valence-corrected chi connectivity index (χ2v) is 4.62. The minimum absolute atomic E-state index is 0.421. The van der Waals surface area contributed by atoms with Crippen LogP contribution >= 0.6 is 27.3 Å². The summed E-state index contributed by atoms with van der Waals surface area (Å²) in [4.78, 5) is 10.4. The first-order chi connectivity index (χ1) is 6.59. The number of nitrogens with one attached hydrogen (secondary N) is 1. The van der Waals surface area contributed by atoms with Crippen LogP contribution in [0, 0.1) is 0 Å². The fourth-order valence-corrected chi connectivity index (χ4v) is 2.23. The molecule has 14 heavy (non-hydrogen) atoms. The summed E-state index contributed by atoms with van der Waals surface area (Å²) < 4.78 is 1.02. The van der Waals surface area contributed by atoms with E-state index in [-0.39, 0.29) is 0 Å². The molecule has 0 aliphatic rings. The van der Waals surface area contributed by atoms with E-state index in [1.807, 2.05) is 11.4 Å². The van der Waals surface area contributed by atoms with E-state index in [4.69, 9.17) is 10.8 Å². The van der Waals surface area contributed by atoms with Crippen LogP contribution in [-0.2, 0) is 4.79 Å². The molecule has 0 radical (unpaired) electrons. The molecule has 1 aromatic rings. The van der Waals surface area contributed by atoms with Gasteiger partial charge in [-0.05, 0) is 28.4 Å². The van der Waals surface area contributed by atoms with Crippen LogP contribution in [0.25, 0.3) is 0 Å². The van der Waals surface area contributed by atoms with Gasteiger partial charge in [-0.1, -0.05) is 0 Å². The van der Waals surface area contributed by atoms with Gasteiger partial charge in [-0.2, -0.15) is 0 Å². The molecule has 1 unspecified atom stereocenters. The average molecular weight is 279 g/mol. The van der Waals surface area contributed by atoms with Crippen molar-refractivity contribution in [3.63, 3.8) is 0 Å². The van der Waals surface area contributed by atoms with Crippen LogP contribution in [0.1, 0.15) is 6.42 Å². The van der Waals surface area contributed by atoms with E-state index < -0.39 is 12.0 Å². The molecule has 4 N–H and O–H groups in total. The van der Waals surface area contributed by atoms with E-state index in [0.717, 1.165) is 9.47 Å². The summed E-state index contributed by atoms with van der Waals surface area (Å²) in [6.07, 6.45) is 0.421. The van der Waals surface area contributed by atoms with Crippen molar-refractivity contribution in [2.45, 2.75) is 12.5 Å². The summed E-state index contributed by atoms with van der Waals surface area (Å²) in [6, 6.07) is 1.16. The van der Waals surface area contributed by atoms with E-state index in [1.165, 1.54) is 0 Å². The lowest BCUT2D eigenvalue weighted by molar-refractivity contribution is -0.138. The molecule has 0 aliphatic heterocycles.